The van der Waals surface area contributed by atoms with Crippen molar-refractivity contribution in [1.82, 2.24) is 19.8 Å². The zero-order chi connectivity index (χ0) is 30.3. The van der Waals surface area contributed by atoms with E-state index in [0.717, 1.165) is 56.4 Å². The minimum Gasteiger partial charge on any atom is -0.491 e. The summed E-state index contributed by atoms with van der Waals surface area (Å²) in [6.07, 6.45) is -4.03. The standard InChI is InChI=1S/C31H29F3N4O4S/c1-18-27(19(2)42-36-18)22-7-8-25-23(15-22)14-20-5-4-6-21(13-20)17-38(9-10-40-11-12-41-25)29(39)26-16-24-28(31(32,33)34)35-37(3)30(24)43-26/h4-8,13,15-16H,9-12,14,17H2,1-3H3. The van der Waals surface area contributed by atoms with E-state index in [4.69, 9.17) is 14.0 Å². The minimum atomic E-state index is -4.62. The van der Waals surface area contributed by atoms with Crippen molar-refractivity contribution >= 4 is 27.5 Å². The first-order chi connectivity index (χ1) is 20.6. The first kappa shape index (κ1) is 28.9. The lowest BCUT2D eigenvalue weighted by Crippen LogP contribution is -2.33. The van der Waals surface area contributed by atoms with Gasteiger partial charge < -0.3 is 18.9 Å². The lowest BCUT2D eigenvalue weighted by molar-refractivity contribution is -0.140. The summed E-state index contributed by atoms with van der Waals surface area (Å²) in [4.78, 5) is 15.8. The molecular weight excluding hydrogens is 581 g/mol. The summed E-state index contributed by atoms with van der Waals surface area (Å²) in [6, 6.07) is 15.3. The highest BCUT2D eigenvalue weighted by Crippen LogP contribution is 2.38. The van der Waals surface area contributed by atoms with Crippen molar-refractivity contribution in [3.63, 3.8) is 0 Å². The normalized spacial score (nSPS) is 14.8. The van der Waals surface area contributed by atoms with Gasteiger partial charge in [-0.1, -0.05) is 35.5 Å². The van der Waals surface area contributed by atoms with Crippen molar-refractivity contribution < 1.29 is 32.0 Å². The summed E-state index contributed by atoms with van der Waals surface area (Å²) in [7, 11) is 1.45. The van der Waals surface area contributed by atoms with Crippen LogP contribution in [0.15, 0.2) is 53.1 Å². The quantitative estimate of drug-likeness (QED) is 0.225. The molecule has 0 saturated carbocycles. The topological polar surface area (TPSA) is 82.6 Å². The van der Waals surface area contributed by atoms with E-state index in [2.05, 4.69) is 16.3 Å². The molecule has 0 fully saturated rings. The van der Waals surface area contributed by atoms with Gasteiger partial charge in [0.15, 0.2) is 5.69 Å². The number of halogens is 3. The lowest BCUT2D eigenvalue weighted by atomic mass is 9.96. The molecule has 0 atom stereocenters. The molecule has 1 amide bonds. The van der Waals surface area contributed by atoms with Crippen LogP contribution in [0.3, 0.4) is 0 Å². The van der Waals surface area contributed by atoms with Crippen LogP contribution in [0.2, 0.25) is 0 Å². The molecule has 4 heterocycles. The maximum absolute atomic E-state index is 13.7. The lowest BCUT2D eigenvalue weighted by Gasteiger charge is -2.23. The van der Waals surface area contributed by atoms with Crippen LogP contribution in [0.4, 0.5) is 13.2 Å². The fourth-order valence-electron chi connectivity index (χ4n) is 5.44. The highest BCUT2D eigenvalue weighted by Gasteiger charge is 2.38. The Morgan fingerprint density at radius 3 is 2.60 bits per heavy atom. The van der Waals surface area contributed by atoms with Crippen LogP contribution in [0.1, 0.15) is 43.5 Å². The molecule has 1 aliphatic heterocycles. The SMILES string of the molecule is Cc1noc(C)c1-c1ccc2c(c1)Cc1cccc(c1)CN(C(=O)c1cc3c(C(F)(F)F)nn(C)c3s1)CCOCCO2. The Morgan fingerprint density at radius 1 is 1.02 bits per heavy atom. The highest BCUT2D eigenvalue weighted by molar-refractivity contribution is 7.20. The second kappa shape index (κ2) is 11.5. The van der Waals surface area contributed by atoms with Crippen LogP contribution >= 0.6 is 11.3 Å². The van der Waals surface area contributed by atoms with Gasteiger partial charge in [0.25, 0.3) is 5.91 Å². The molecule has 6 rings (SSSR count). The van der Waals surface area contributed by atoms with Crippen molar-refractivity contribution in [3.05, 3.63) is 87.2 Å². The fraction of sp³-hybridized carbons (Fsp3) is 0.323. The summed E-state index contributed by atoms with van der Waals surface area (Å²) < 4.78 is 59.1. The van der Waals surface area contributed by atoms with Crippen LogP contribution in [-0.4, -0.2) is 52.1 Å². The minimum absolute atomic E-state index is 0.0736. The van der Waals surface area contributed by atoms with Crippen LogP contribution in [0.25, 0.3) is 21.3 Å². The monoisotopic (exact) mass is 610 g/mol. The van der Waals surface area contributed by atoms with Crippen LogP contribution < -0.4 is 4.74 Å². The van der Waals surface area contributed by atoms with Crippen LogP contribution in [0, 0.1) is 13.8 Å². The Bertz CT molecular complexity index is 1790. The predicted octanol–water partition coefficient (Wildman–Crippen LogP) is 6.57. The Morgan fingerprint density at radius 2 is 1.84 bits per heavy atom. The fourth-order valence-corrected chi connectivity index (χ4v) is 6.48. The zero-order valence-corrected chi connectivity index (χ0v) is 24.6. The Hall–Kier alpha value is -4.16. The molecule has 1 aliphatic rings. The van der Waals surface area contributed by atoms with Gasteiger partial charge in [-0.05, 0) is 54.3 Å². The van der Waals surface area contributed by atoms with Gasteiger partial charge in [-0.3, -0.25) is 9.48 Å². The number of nitrogens with zero attached hydrogens (tertiary/aromatic N) is 4. The molecule has 2 bridgehead atoms. The molecule has 0 radical (unpaired) electrons. The number of benzene rings is 2. The van der Waals surface area contributed by atoms with Gasteiger partial charge in [-0.25, -0.2) is 0 Å². The van der Waals surface area contributed by atoms with Crippen molar-refractivity contribution in [2.24, 2.45) is 7.05 Å². The second-order valence-electron chi connectivity index (χ2n) is 10.5. The Labute approximate surface area is 249 Å². The number of hydrogen-bond donors (Lipinski definition) is 0. The molecule has 0 saturated heterocycles. The van der Waals surface area contributed by atoms with Gasteiger partial charge in [-0.2, -0.15) is 18.3 Å². The number of fused-ring (bicyclic) bond motifs is 4. The molecule has 12 heteroatoms. The van der Waals surface area contributed by atoms with E-state index in [1.54, 1.807) is 4.90 Å². The molecule has 224 valence electrons. The largest absolute Gasteiger partial charge is 0.491 e. The first-order valence-electron chi connectivity index (χ1n) is 13.8. The van der Waals surface area contributed by atoms with E-state index in [1.807, 2.05) is 50.2 Å². The molecule has 0 aliphatic carbocycles. The number of hydrogen-bond acceptors (Lipinski definition) is 7. The third-order valence-corrected chi connectivity index (χ3v) is 8.60. The van der Waals surface area contributed by atoms with Gasteiger partial charge in [0.1, 0.15) is 22.9 Å². The first-order valence-corrected chi connectivity index (χ1v) is 14.6. The zero-order valence-electron chi connectivity index (χ0n) is 23.8. The van der Waals surface area contributed by atoms with E-state index in [0.29, 0.717) is 24.5 Å². The number of rotatable bonds is 2. The number of ether oxygens (including phenoxy) is 2. The summed E-state index contributed by atoms with van der Waals surface area (Å²) in [6.45, 7) is 5.20. The maximum Gasteiger partial charge on any atom is 0.435 e. The van der Waals surface area contributed by atoms with Gasteiger partial charge in [0, 0.05) is 37.5 Å². The van der Waals surface area contributed by atoms with E-state index in [-0.39, 0.29) is 35.9 Å². The average Bonchev–Trinajstić information content (AvgIpc) is 3.64. The van der Waals surface area contributed by atoms with Gasteiger partial charge >= 0.3 is 6.18 Å². The van der Waals surface area contributed by atoms with Gasteiger partial charge in [0.05, 0.1) is 23.8 Å². The van der Waals surface area contributed by atoms with Crippen molar-refractivity contribution in [3.8, 4) is 16.9 Å². The summed E-state index contributed by atoms with van der Waals surface area (Å²) >= 11 is 1.00. The third-order valence-electron chi connectivity index (χ3n) is 7.41. The molecule has 8 nitrogen and oxygen atoms in total. The summed E-state index contributed by atoms with van der Waals surface area (Å²) in [5.74, 6) is 1.14. The number of aromatic nitrogens is 3. The number of carbonyl (C=O) groups excluding carboxylic acids is 1. The predicted molar refractivity (Wildman–Crippen MR) is 155 cm³/mol. The van der Waals surface area contributed by atoms with Crippen molar-refractivity contribution in [2.45, 2.75) is 33.0 Å². The smallest absolute Gasteiger partial charge is 0.435 e. The van der Waals surface area contributed by atoms with Crippen molar-refractivity contribution in [1.29, 1.82) is 0 Å². The van der Waals surface area contributed by atoms with E-state index in [9.17, 15) is 18.0 Å². The Kier molecular flexibility index (Phi) is 7.74. The van der Waals surface area contributed by atoms with E-state index >= 15 is 0 Å². The van der Waals surface area contributed by atoms with Gasteiger partial charge in [0.2, 0.25) is 0 Å². The van der Waals surface area contributed by atoms with Crippen LogP contribution in [-0.2, 0) is 30.9 Å². The van der Waals surface area contributed by atoms with Crippen LogP contribution in [0.5, 0.6) is 5.75 Å². The number of carbonyl (C=O) groups is 1. The Balaban J connectivity index is 1.31. The molecule has 43 heavy (non-hydrogen) atoms. The van der Waals surface area contributed by atoms with E-state index < -0.39 is 11.9 Å². The van der Waals surface area contributed by atoms with E-state index in [1.165, 1.54) is 17.8 Å². The number of aryl methyl sites for hydroxylation is 3. The molecule has 5 aromatic rings. The maximum atomic E-state index is 13.7. The number of thiophene rings is 1. The second-order valence-corrected chi connectivity index (χ2v) is 11.5. The molecule has 3 aromatic heterocycles. The summed E-state index contributed by atoms with van der Waals surface area (Å²) in [5.41, 5.74) is 4.66. The van der Waals surface area contributed by atoms with Gasteiger partial charge in [-0.15, -0.1) is 11.3 Å². The summed E-state index contributed by atoms with van der Waals surface area (Å²) in [5, 5.41) is 7.64. The van der Waals surface area contributed by atoms with Crippen molar-refractivity contribution in [2.75, 3.05) is 26.4 Å². The number of alkyl halides is 3. The molecular formula is C31H29F3N4O4S. The third kappa shape index (κ3) is 5.89. The molecule has 0 spiro atoms. The number of amides is 1. The average molecular weight is 611 g/mol. The molecule has 2 aromatic carbocycles. The highest BCUT2D eigenvalue weighted by atomic mass is 32.1. The molecule has 0 N–H and O–H groups in total. The molecule has 0 unspecified atom stereocenters.